The smallest absolute Gasteiger partial charge is 0.338 e. The van der Waals surface area contributed by atoms with E-state index in [0.29, 0.717) is 12.2 Å². The second-order valence-electron chi connectivity index (χ2n) is 16.9. The summed E-state index contributed by atoms with van der Waals surface area (Å²) in [7, 11) is 0. The Labute approximate surface area is 405 Å². The van der Waals surface area contributed by atoms with Crippen molar-refractivity contribution in [1.29, 1.82) is 0 Å². The second kappa shape index (κ2) is 20.8. The predicted octanol–water partition coefficient (Wildman–Crippen LogP) is 16.9. The molecule has 10 aromatic carbocycles. The molecule has 0 atom stereocenters. The van der Waals surface area contributed by atoms with Crippen molar-refractivity contribution in [3.63, 3.8) is 0 Å². The molecule has 0 aliphatic carbocycles. The Morgan fingerprint density at radius 1 is 0.261 bits per heavy atom. The maximum Gasteiger partial charge on any atom is 0.338 e. The number of rotatable bonds is 13. The minimum Gasteiger partial charge on any atom is -0.462 e. The highest BCUT2D eigenvalue weighted by atomic mass is 16.5. The van der Waals surface area contributed by atoms with E-state index in [0.717, 1.165) is 77.9 Å². The molecule has 0 radical (unpaired) electrons. The van der Waals surface area contributed by atoms with Crippen molar-refractivity contribution in [3.05, 3.63) is 323 Å². The van der Waals surface area contributed by atoms with Crippen molar-refractivity contribution in [2.45, 2.75) is 6.92 Å². The molecule has 10 rings (SSSR count). The summed E-state index contributed by atoms with van der Waals surface area (Å²) in [4.78, 5) is 12.7. The van der Waals surface area contributed by atoms with Gasteiger partial charge in [-0.2, -0.15) is 0 Å². The topological polar surface area (TPSA) is 26.3 Å². The van der Waals surface area contributed by atoms with E-state index in [9.17, 15) is 4.79 Å². The molecule has 0 fully saturated rings. The maximum absolute atomic E-state index is 12.7. The van der Waals surface area contributed by atoms with Crippen LogP contribution in [0.3, 0.4) is 0 Å². The van der Waals surface area contributed by atoms with E-state index < -0.39 is 0 Å². The molecule has 0 saturated heterocycles. The average molecular weight is 887 g/mol. The Hall–Kier alpha value is -8.85. The molecule has 0 bridgehead atoms. The molecule has 2 heteroatoms. The molecule has 0 aliphatic heterocycles. The Morgan fingerprint density at radius 3 is 0.681 bits per heavy atom. The molecule has 0 saturated carbocycles. The largest absolute Gasteiger partial charge is 0.462 e. The Balaban J connectivity index is 1.11. The molecule has 0 N–H and O–H groups in total. The van der Waals surface area contributed by atoms with Gasteiger partial charge in [0.1, 0.15) is 0 Å². The van der Waals surface area contributed by atoms with Gasteiger partial charge in [0, 0.05) is 0 Å². The summed E-state index contributed by atoms with van der Waals surface area (Å²) in [6.45, 7) is 2.15. The maximum atomic E-state index is 12.7. The number of ether oxygens (including phenoxy) is 1. The van der Waals surface area contributed by atoms with Gasteiger partial charge in [-0.3, -0.25) is 0 Å². The van der Waals surface area contributed by atoms with Gasteiger partial charge in [0.2, 0.25) is 0 Å². The molecule has 0 unspecified atom stereocenters. The van der Waals surface area contributed by atoms with Gasteiger partial charge in [0.05, 0.1) is 12.2 Å². The van der Waals surface area contributed by atoms with Crippen LogP contribution in [0, 0.1) is 0 Å². The van der Waals surface area contributed by atoms with E-state index in [-0.39, 0.29) is 5.97 Å². The van der Waals surface area contributed by atoms with Crippen molar-refractivity contribution in [2.24, 2.45) is 0 Å². The van der Waals surface area contributed by atoms with Crippen LogP contribution in [-0.2, 0) is 4.74 Å². The van der Waals surface area contributed by atoms with Crippen LogP contribution in [0.1, 0.15) is 61.8 Å². The molecule has 330 valence electrons. The molecule has 0 aromatic heterocycles. The Kier molecular flexibility index (Phi) is 13.2. The van der Waals surface area contributed by atoms with E-state index in [1.165, 1.54) is 22.3 Å². The zero-order valence-electron chi connectivity index (χ0n) is 38.5. The highest BCUT2D eigenvalue weighted by molar-refractivity contribution is 6.06. The van der Waals surface area contributed by atoms with Gasteiger partial charge in [0.25, 0.3) is 0 Å². The number of carbonyl (C=O) groups excluding carboxylic acids is 1. The standard InChI is InChI=1S/C67H50O2/c1-2-69-67(68)59-43-37-50(38-44-59)62-46-60(48-33-39-57(40-34-48)65(55-29-17-7-18-30-55)63(51-21-9-3-10-22-51)52-23-11-4-12-24-52)45-61(47-62)49-35-41-58(42-36-49)66(56-31-19-8-20-32-56)64(53-25-13-5-14-26-53)54-27-15-6-16-28-54/h3-47H,2H2,1H3. The lowest BCUT2D eigenvalue weighted by atomic mass is 9.85. The lowest BCUT2D eigenvalue weighted by Gasteiger charge is -2.19. The molecule has 0 heterocycles. The summed E-state index contributed by atoms with van der Waals surface area (Å²) in [6.07, 6.45) is 0. The lowest BCUT2D eigenvalue weighted by Crippen LogP contribution is -2.04. The highest BCUT2D eigenvalue weighted by Crippen LogP contribution is 2.41. The summed E-state index contributed by atoms with van der Waals surface area (Å²) in [5.74, 6) is -0.322. The van der Waals surface area contributed by atoms with Crippen LogP contribution in [0.5, 0.6) is 0 Å². The first-order valence-electron chi connectivity index (χ1n) is 23.6. The third-order valence-electron chi connectivity index (χ3n) is 12.6. The third-order valence-corrected chi connectivity index (χ3v) is 12.6. The molecule has 10 aromatic rings. The van der Waals surface area contributed by atoms with Crippen molar-refractivity contribution in [2.75, 3.05) is 6.61 Å². The van der Waals surface area contributed by atoms with Gasteiger partial charge in [0.15, 0.2) is 0 Å². The van der Waals surface area contributed by atoms with E-state index in [1.807, 2.05) is 31.2 Å². The third kappa shape index (κ3) is 9.84. The van der Waals surface area contributed by atoms with Gasteiger partial charge >= 0.3 is 5.97 Å². The predicted molar refractivity (Wildman–Crippen MR) is 287 cm³/mol. The number of benzene rings is 10. The summed E-state index contributed by atoms with van der Waals surface area (Å²) < 4.78 is 5.32. The summed E-state index contributed by atoms with van der Waals surface area (Å²) in [5.41, 5.74) is 20.8. The molecular formula is C67H50O2. The van der Waals surface area contributed by atoms with Gasteiger partial charge in [-0.25, -0.2) is 4.79 Å². The van der Waals surface area contributed by atoms with Crippen LogP contribution < -0.4 is 0 Å². The second-order valence-corrected chi connectivity index (χ2v) is 16.9. The van der Waals surface area contributed by atoms with Crippen molar-refractivity contribution in [1.82, 2.24) is 0 Å². The van der Waals surface area contributed by atoms with E-state index in [4.69, 9.17) is 4.74 Å². The zero-order valence-corrected chi connectivity index (χ0v) is 38.5. The van der Waals surface area contributed by atoms with Crippen LogP contribution in [0.25, 0.3) is 55.7 Å². The van der Waals surface area contributed by atoms with E-state index in [2.05, 4.69) is 249 Å². The number of hydrogen-bond donors (Lipinski definition) is 0. The van der Waals surface area contributed by atoms with Crippen LogP contribution in [-0.4, -0.2) is 12.6 Å². The molecule has 0 amide bonds. The van der Waals surface area contributed by atoms with Crippen LogP contribution in [0.15, 0.2) is 273 Å². The van der Waals surface area contributed by atoms with Crippen LogP contribution >= 0.6 is 0 Å². The Morgan fingerprint density at radius 2 is 0.464 bits per heavy atom. The highest BCUT2D eigenvalue weighted by Gasteiger charge is 2.19. The van der Waals surface area contributed by atoms with Gasteiger partial charge < -0.3 is 4.74 Å². The quantitative estimate of drug-likeness (QED) is 0.0852. The van der Waals surface area contributed by atoms with E-state index in [1.54, 1.807) is 0 Å². The average Bonchev–Trinajstić information content (AvgIpc) is 3.43. The SMILES string of the molecule is CCOC(=O)c1ccc(-c2cc(-c3ccc(C(=C(c4ccccc4)c4ccccc4)c4ccccc4)cc3)cc(-c3ccc(C(=C(c4ccccc4)c4ccccc4)c4ccccc4)cc3)c2)cc1. The van der Waals surface area contributed by atoms with Crippen molar-refractivity contribution >= 4 is 28.3 Å². The normalized spacial score (nSPS) is 10.8. The minimum atomic E-state index is -0.322. The summed E-state index contributed by atoms with van der Waals surface area (Å²) in [6, 6.07) is 96.7. The lowest BCUT2D eigenvalue weighted by molar-refractivity contribution is 0.0526. The fraction of sp³-hybridized carbons (Fsp3) is 0.0299. The Bertz CT molecular complexity index is 3080. The first-order chi connectivity index (χ1) is 34.1. The summed E-state index contributed by atoms with van der Waals surface area (Å²) >= 11 is 0. The fourth-order valence-corrected chi connectivity index (χ4v) is 9.25. The molecule has 0 spiro atoms. The first kappa shape index (κ1) is 44.0. The van der Waals surface area contributed by atoms with Crippen LogP contribution in [0.4, 0.5) is 0 Å². The van der Waals surface area contributed by atoms with Gasteiger partial charge in [-0.15, -0.1) is 0 Å². The van der Waals surface area contributed by atoms with E-state index >= 15 is 0 Å². The first-order valence-corrected chi connectivity index (χ1v) is 23.6. The van der Waals surface area contributed by atoms with Crippen molar-refractivity contribution < 1.29 is 9.53 Å². The molecule has 69 heavy (non-hydrogen) atoms. The fourth-order valence-electron chi connectivity index (χ4n) is 9.25. The molecular weight excluding hydrogens is 837 g/mol. The van der Waals surface area contributed by atoms with Gasteiger partial charge in [-0.1, -0.05) is 243 Å². The number of hydrogen-bond acceptors (Lipinski definition) is 2. The minimum absolute atomic E-state index is 0.322. The number of carbonyl (C=O) groups is 1. The van der Waals surface area contributed by atoms with Gasteiger partial charge in [-0.05, 0) is 137 Å². The molecule has 0 aliphatic rings. The van der Waals surface area contributed by atoms with Crippen molar-refractivity contribution in [3.8, 4) is 33.4 Å². The monoisotopic (exact) mass is 886 g/mol. The number of esters is 1. The molecule has 2 nitrogen and oxygen atoms in total. The summed E-state index contributed by atoms with van der Waals surface area (Å²) in [5, 5.41) is 0. The zero-order chi connectivity index (χ0) is 46.8. The van der Waals surface area contributed by atoms with Crippen LogP contribution in [0.2, 0.25) is 0 Å².